The van der Waals surface area contributed by atoms with Gasteiger partial charge in [-0.1, -0.05) is 24.3 Å². The van der Waals surface area contributed by atoms with E-state index < -0.39 is 72.6 Å². The van der Waals surface area contributed by atoms with Crippen LogP contribution in [-0.2, 0) is 41.6 Å². The van der Waals surface area contributed by atoms with Crippen molar-refractivity contribution in [2.75, 3.05) is 0 Å². The molecule has 2 aromatic rings. The molecule has 0 bridgehead atoms. The molecule has 2 rings (SSSR count). The quantitative estimate of drug-likeness (QED) is 0.113. The summed E-state index contributed by atoms with van der Waals surface area (Å²) in [5, 5.41) is 44.1. The Labute approximate surface area is 233 Å². The van der Waals surface area contributed by atoms with Gasteiger partial charge in [0.2, 0.25) is 23.6 Å². The second-order valence-corrected chi connectivity index (χ2v) is 9.14. The second-order valence-electron chi connectivity index (χ2n) is 9.14. The molecule has 0 aliphatic carbocycles. The first kappa shape index (κ1) is 32.0. The van der Waals surface area contributed by atoms with Crippen LogP contribution in [-0.4, -0.2) is 80.2 Å². The average molecular weight is 574 g/mol. The van der Waals surface area contributed by atoms with Crippen LogP contribution in [0, 0.1) is 0 Å². The van der Waals surface area contributed by atoms with Crippen LogP contribution in [0.15, 0.2) is 48.5 Å². The lowest BCUT2D eigenvalue weighted by atomic mass is 10.0. The van der Waals surface area contributed by atoms with E-state index in [2.05, 4.69) is 16.0 Å². The van der Waals surface area contributed by atoms with E-state index in [-0.39, 0.29) is 24.3 Å². The van der Waals surface area contributed by atoms with E-state index in [9.17, 15) is 49.2 Å². The highest BCUT2D eigenvalue weighted by Crippen LogP contribution is 2.13. The fourth-order valence-corrected chi connectivity index (χ4v) is 3.66. The van der Waals surface area contributed by atoms with Gasteiger partial charge in [0, 0.05) is 6.42 Å². The van der Waals surface area contributed by atoms with E-state index in [1.807, 2.05) is 0 Å². The molecular weight excluding hydrogens is 542 g/mol. The molecule has 2 aromatic carbocycles. The Morgan fingerprint density at radius 1 is 0.634 bits per heavy atom. The van der Waals surface area contributed by atoms with Gasteiger partial charge in [-0.05, 0) is 41.8 Å². The number of rotatable bonds is 15. The summed E-state index contributed by atoms with van der Waals surface area (Å²) in [6.45, 7) is 0. The molecule has 0 saturated carbocycles. The molecule has 4 atom stereocenters. The number of carbonyl (C=O) groups is 6. The molecule has 0 saturated heterocycles. The van der Waals surface area contributed by atoms with Gasteiger partial charge < -0.3 is 47.8 Å². The Hall–Kier alpha value is -5.18. The van der Waals surface area contributed by atoms with Gasteiger partial charge in [0.1, 0.15) is 29.6 Å². The summed E-state index contributed by atoms with van der Waals surface area (Å²) in [5.41, 5.74) is 12.1. The first-order valence-electron chi connectivity index (χ1n) is 12.2. The zero-order valence-corrected chi connectivity index (χ0v) is 21.6. The zero-order chi connectivity index (χ0) is 30.7. The fourth-order valence-electron chi connectivity index (χ4n) is 3.66. The Bertz CT molecular complexity index is 1270. The number of carboxylic acids is 2. The molecule has 15 nitrogen and oxygen atoms in total. The van der Waals surface area contributed by atoms with Gasteiger partial charge in [0.15, 0.2) is 0 Å². The predicted molar refractivity (Wildman–Crippen MR) is 141 cm³/mol. The molecule has 4 unspecified atom stereocenters. The summed E-state index contributed by atoms with van der Waals surface area (Å²) in [4.78, 5) is 73.2. The standard InChI is InChI=1S/C26H31N5O10/c27-17(9-13-1-5-15(32)6-2-13)23(37)29-18(11-21(28)34)24(38)30-19(12-22(35)36)25(39)31-20(26(40)41)10-14-3-7-16(33)8-4-14/h1-8,17-20,32-33H,9-12,27H2,(H2,28,34)(H,29,37)(H,30,38)(H,31,39)(H,35,36)(H,40,41). The van der Waals surface area contributed by atoms with Crippen LogP contribution in [0.2, 0.25) is 0 Å². The van der Waals surface area contributed by atoms with Crippen molar-refractivity contribution in [3.05, 3.63) is 59.7 Å². The summed E-state index contributed by atoms with van der Waals surface area (Å²) in [6.07, 6.45) is -1.91. The van der Waals surface area contributed by atoms with Crippen LogP contribution < -0.4 is 27.4 Å². The number of phenols is 2. The lowest BCUT2D eigenvalue weighted by Gasteiger charge is -2.24. The van der Waals surface area contributed by atoms with Crippen LogP contribution >= 0.6 is 0 Å². The van der Waals surface area contributed by atoms with E-state index in [4.69, 9.17) is 11.5 Å². The average Bonchev–Trinajstić information content (AvgIpc) is 2.89. The third kappa shape index (κ3) is 10.8. The van der Waals surface area contributed by atoms with Gasteiger partial charge >= 0.3 is 11.9 Å². The van der Waals surface area contributed by atoms with Crippen LogP contribution in [0.25, 0.3) is 0 Å². The normalized spacial score (nSPS) is 13.6. The van der Waals surface area contributed by atoms with E-state index in [1.165, 1.54) is 48.5 Å². The van der Waals surface area contributed by atoms with Crippen molar-refractivity contribution >= 4 is 35.6 Å². The maximum Gasteiger partial charge on any atom is 0.326 e. The number of carboxylic acid groups (broad SMARTS) is 2. The van der Waals surface area contributed by atoms with Crippen molar-refractivity contribution in [3.8, 4) is 11.5 Å². The third-order valence-electron chi connectivity index (χ3n) is 5.77. The molecule has 0 heterocycles. The first-order valence-corrected chi connectivity index (χ1v) is 12.2. The molecule has 0 aliphatic rings. The SMILES string of the molecule is NC(=O)CC(NC(=O)C(N)Cc1ccc(O)cc1)C(=O)NC(CC(=O)O)C(=O)NC(Cc1ccc(O)cc1)C(=O)O. The molecule has 0 fully saturated rings. The van der Waals surface area contributed by atoms with E-state index in [0.717, 1.165) is 0 Å². The van der Waals surface area contributed by atoms with Crippen molar-refractivity contribution in [1.82, 2.24) is 16.0 Å². The van der Waals surface area contributed by atoms with Crippen LogP contribution in [0.3, 0.4) is 0 Å². The lowest BCUT2D eigenvalue weighted by Crippen LogP contribution is -2.58. The number of nitrogens with one attached hydrogen (secondary N) is 3. The van der Waals surface area contributed by atoms with Gasteiger partial charge in [-0.15, -0.1) is 0 Å². The minimum Gasteiger partial charge on any atom is -0.508 e. The Balaban J connectivity index is 2.14. The van der Waals surface area contributed by atoms with Crippen molar-refractivity contribution in [3.63, 3.8) is 0 Å². The first-order chi connectivity index (χ1) is 19.2. The van der Waals surface area contributed by atoms with Crippen molar-refractivity contribution in [2.45, 2.75) is 49.9 Å². The Morgan fingerprint density at radius 3 is 1.49 bits per heavy atom. The molecule has 11 N–H and O–H groups in total. The molecule has 0 spiro atoms. The number of carbonyl (C=O) groups excluding carboxylic acids is 4. The summed E-state index contributed by atoms with van der Waals surface area (Å²) in [7, 11) is 0. The molecule has 0 aromatic heterocycles. The number of benzene rings is 2. The summed E-state index contributed by atoms with van der Waals surface area (Å²) < 4.78 is 0. The minimum absolute atomic E-state index is 0.0000489. The highest BCUT2D eigenvalue weighted by molar-refractivity contribution is 5.97. The number of aliphatic carboxylic acids is 2. The van der Waals surface area contributed by atoms with Gasteiger partial charge in [-0.25, -0.2) is 4.79 Å². The summed E-state index contributed by atoms with van der Waals surface area (Å²) in [5.74, 6) is -7.18. The van der Waals surface area contributed by atoms with Crippen molar-refractivity contribution in [2.24, 2.45) is 11.5 Å². The fraction of sp³-hybridized carbons (Fsp3) is 0.308. The maximum absolute atomic E-state index is 13.0. The van der Waals surface area contributed by atoms with Gasteiger partial charge in [-0.2, -0.15) is 0 Å². The van der Waals surface area contributed by atoms with Gasteiger partial charge in [0.05, 0.1) is 18.9 Å². The van der Waals surface area contributed by atoms with E-state index in [1.54, 1.807) is 0 Å². The summed E-state index contributed by atoms with van der Waals surface area (Å²) in [6, 6.07) is 5.15. The van der Waals surface area contributed by atoms with Crippen molar-refractivity contribution < 1.29 is 49.2 Å². The highest BCUT2D eigenvalue weighted by Gasteiger charge is 2.32. The Kier molecular flexibility index (Phi) is 11.6. The molecule has 41 heavy (non-hydrogen) atoms. The second kappa shape index (κ2) is 14.8. The number of phenolic OH excluding ortho intramolecular Hbond substituents is 2. The van der Waals surface area contributed by atoms with Crippen molar-refractivity contribution in [1.29, 1.82) is 0 Å². The number of aromatic hydroxyl groups is 2. The zero-order valence-electron chi connectivity index (χ0n) is 21.6. The summed E-state index contributed by atoms with van der Waals surface area (Å²) >= 11 is 0. The van der Waals surface area contributed by atoms with Crippen LogP contribution in [0.5, 0.6) is 11.5 Å². The van der Waals surface area contributed by atoms with Crippen LogP contribution in [0.1, 0.15) is 24.0 Å². The predicted octanol–water partition coefficient (Wildman–Crippen LogP) is -1.90. The van der Waals surface area contributed by atoms with E-state index in [0.29, 0.717) is 11.1 Å². The molecule has 0 radical (unpaired) electrons. The molecule has 220 valence electrons. The smallest absolute Gasteiger partial charge is 0.326 e. The number of primary amides is 1. The number of nitrogens with two attached hydrogens (primary N) is 2. The number of amides is 4. The number of hydrogen-bond acceptors (Lipinski definition) is 9. The number of hydrogen-bond donors (Lipinski definition) is 9. The highest BCUT2D eigenvalue weighted by atomic mass is 16.4. The maximum atomic E-state index is 13.0. The largest absolute Gasteiger partial charge is 0.508 e. The van der Waals surface area contributed by atoms with Gasteiger partial charge in [0.25, 0.3) is 0 Å². The topological polar surface area (TPSA) is 271 Å². The molecular formula is C26H31N5O10. The van der Waals surface area contributed by atoms with Gasteiger partial charge in [-0.3, -0.25) is 24.0 Å². The Morgan fingerprint density at radius 2 is 1.05 bits per heavy atom. The third-order valence-corrected chi connectivity index (χ3v) is 5.77. The van der Waals surface area contributed by atoms with Crippen LogP contribution in [0.4, 0.5) is 0 Å². The monoisotopic (exact) mass is 573 g/mol. The molecule has 4 amide bonds. The lowest BCUT2D eigenvalue weighted by molar-refractivity contribution is -0.143. The molecule has 0 aliphatic heterocycles. The minimum atomic E-state index is -1.79. The molecule has 15 heteroatoms. The van der Waals surface area contributed by atoms with E-state index >= 15 is 0 Å².